The standard InChI is InChI=1S/C19H20N2.C18H16/c1-15-7-8-16(13-20-15)9-10-17-11-12-19(21-14-17)18-5-3-2-4-6-18;1-3-7-15-13(5-1)9-11-18-16-8-4-2-6-14(16)10-12-17(15)18/h2-8,11-14,19,21H,9-10H2,1H3;1,3,5-7,9-10,12H,2,4,8,11H2. The Labute approximate surface area is 231 Å². The number of aromatic nitrogens is 1. The molecule has 2 aliphatic carbocycles. The third-order valence-corrected chi connectivity index (χ3v) is 8.02. The molecule has 2 heterocycles. The van der Waals surface area contributed by atoms with E-state index in [0.717, 1.165) is 25.0 Å². The first-order valence-corrected chi connectivity index (χ1v) is 14.2. The van der Waals surface area contributed by atoms with Crippen LogP contribution in [0.2, 0.25) is 0 Å². The highest BCUT2D eigenvalue weighted by Gasteiger charge is 2.11. The van der Waals surface area contributed by atoms with Gasteiger partial charge in [0, 0.05) is 18.1 Å². The molecule has 2 nitrogen and oxygen atoms in total. The van der Waals surface area contributed by atoms with E-state index in [1.54, 1.807) is 11.1 Å². The average Bonchev–Trinajstić information content (AvgIpc) is 3.01. The Balaban J connectivity index is 0.000000143. The summed E-state index contributed by atoms with van der Waals surface area (Å²) in [6.07, 6.45) is 20.3. The summed E-state index contributed by atoms with van der Waals surface area (Å²) in [6.45, 7) is 2.02. The van der Waals surface area contributed by atoms with Gasteiger partial charge < -0.3 is 5.32 Å². The number of rotatable bonds is 4. The third kappa shape index (κ3) is 5.81. The van der Waals surface area contributed by atoms with Gasteiger partial charge in [-0.25, -0.2) is 0 Å². The predicted octanol–water partition coefficient (Wildman–Crippen LogP) is 6.53. The highest BCUT2D eigenvalue weighted by molar-refractivity contribution is 5.47. The number of nitrogens with zero attached hydrogens (tertiary/aromatic N) is 1. The molecular weight excluding hydrogens is 472 g/mol. The topological polar surface area (TPSA) is 24.9 Å². The Morgan fingerprint density at radius 2 is 1.67 bits per heavy atom. The summed E-state index contributed by atoms with van der Waals surface area (Å²) in [5.74, 6) is 0. The molecule has 1 aromatic heterocycles. The van der Waals surface area contributed by atoms with Crippen LogP contribution in [0.1, 0.15) is 53.3 Å². The van der Waals surface area contributed by atoms with Crippen molar-refractivity contribution in [1.29, 1.82) is 0 Å². The molecule has 1 N–H and O–H groups in total. The molecule has 1 unspecified atom stereocenters. The molecular formula is C37H36N2. The smallest absolute Gasteiger partial charge is 0.0695 e. The van der Waals surface area contributed by atoms with Gasteiger partial charge in [0.1, 0.15) is 0 Å². The zero-order valence-corrected chi connectivity index (χ0v) is 22.7. The minimum atomic E-state index is 0.288. The maximum Gasteiger partial charge on any atom is 0.0695 e. The molecule has 0 fully saturated rings. The molecule has 7 rings (SSSR count). The first kappa shape index (κ1) is 25.1. The lowest BCUT2D eigenvalue weighted by Gasteiger charge is -2.19. The number of aryl methyl sites for hydroxylation is 2. The van der Waals surface area contributed by atoms with Crippen molar-refractivity contribution in [3.05, 3.63) is 158 Å². The van der Waals surface area contributed by atoms with Gasteiger partial charge in [-0.15, -0.1) is 0 Å². The lowest BCUT2D eigenvalue weighted by atomic mass is 9.89. The second-order valence-electron chi connectivity index (χ2n) is 10.7. The summed E-state index contributed by atoms with van der Waals surface area (Å²) in [5, 5.41) is 9.21. The molecule has 0 saturated heterocycles. The fourth-order valence-corrected chi connectivity index (χ4v) is 5.83. The van der Waals surface area contributed by atoms with E-state index in [4.69, 9.17) is 0 Å². The third-order valence-electron chi connectivity index (χ3n) is 8.02. The second kappa shape index (κ2) is 11.7. The molecule has 4 aromatic rings. The largest absolute Gasteiger partial charge is 0.380 e. The van der Waals surface area contributed by atoms with E-state index in [9.17, 15) is 0 Å². The maximum atomic E-state index is 4.34. The van der Waals surface area contributed by atoms with Gasteiger partial charge in [-0.2, -0.15) is 0 Å². The average molecular weight is 509 g/mol. The zero-order chi connectivity index (χ0) is 26.4. The summed E-state index contributed by atoms with van der Waals surface area (Å²) in [7, 11) is 0. The normalized spacial score (nSPS) is 16.5. The minimum Gasteiger partial charge on any atom is -0.380 e. The molecule has 1 aliphatic heterocycles. The first-order valence-electron chi connectivity index (χ1n) is 14.2. The molecule has 0 amide bonds. The summed E-state index contributed by atoms with van der Waals surface area (Å²) in [4.78, 5) is 4.34. The van der Waals surface area contributed by atoms with Crippen LogP contribution in [0.5, 0.6) is 0 Å². The molecule has 1 atom stereocenters. The number of fused-ring (bicyclic) bond motifs is 4. The molecule has 0 spiro atoms. The van der Waals surface area contributed by atoms with Crippen LogP contribution in [0.15, 0.2) is 109 Å². The lowest BCUT2D eigenvalue weighted by molar-refractivity contribution is 0.729. The van der Waals surface area contributed by atoms with Crippen molar-refractivity contribution in [3.8, 4) is 0 Å². The van der Waals surface area contributed by atoms with E-state index >= 15 is 0 Å². The maximum absolute atomic E-state index is 4.34. The number of allylic oxidation sites excluding steroid dienone is 2. The van der Waals surface area contributed by atoms with Crippen molar-refractivity contribution in [3.63, 3.8) is 0 Å². The van der Waals surface area contributed by atoms with Crippen LogP contribution in [0.25, 0.3) is 12.2 Å². The molecule has 194 valence electrons. The predicted molar refractivity (Wildman–Crippen MR) is 162 cm³/mol. The fourth-order valence-electron chi connectivity index (χ4n) is 5.83. The number of pyridine rings is 1. The Morgan fingerprint density at radius 1 is 0.795 bits per heavy atom. The minimum absolute atomic E-state index is 0.288. The molecule has 39 heavy (non-hydrogen) atoms. The Morgan fingerprint density at radius 3 is 2.49 bits per heavy atom. The van der Waals surface area contributed by atoms with Gasteiger partial charge in [0.2, 0.25) is 0 Å². The summed E-state index contributed by atoms with van der Waals surface area (Å²) in [5.41, 5.74) is 8.17. The van der Waals surface area contributed by atoms with Crippen LogP contribution in [0.3, 0.4) is 0 Å². The van der Waals surface area contributed by atoms with Crippen molar-refractivity contribution in [1.82, 2.24) is 10.3 Å². The molecule has 3 aromatic carbocycles. The van der Waals surface area contributed by atoms with Gasteiger partial charge in [-0.05, 0) is 100 Å². The summed E-state index contributed by atoms with van der Waals surface area (Å²) < 4.78 is 0. The van der Waals surface area contributed by atoms with Crippen LogP contribution in [0.4, 0.5) is 0 Å². The Kier molecular flexibility index (Phi) is 7.54. The molecule has 0 radical (unpaired) electrons. The van der Waals surface area contributed by atoms with Gasteiger partial charge in [0.15, 0.2) is 0 Å². The zero-order valence-electron chi connectivity index (χ0n) is 22.7. The van der Waals surface area contributed by atoms with Crippen molar-refractivity contribution in [2.45, 2.75) is 51.5 Å². The molecule has 3 aliphatic rings. The van der Waals surface area contributed by atoms with E-state index in [0.29, 0.717) is 0 Å². The van der Waals surface area contributed by atoms with E-state index < -0.39 is 0 Å². The van der Waals surface area contributed by atoms with Crippen LogP contribution in [0, 0.1) is 17.4 Å². The quantitative estimate of drug-likeness (QED) is 0.339. The molecule has 0 bridgehead atoms. The Bertz CT molecular complexity index is 1730. The van der Waals surface area contributed by atoms with Crippen LogP contribution < -0.4 is 15.8 Å². The number of dihydropyridines is 1. The highest BCUT2D eigenvalue weighted by atomic mass is 14.9. The lowest BCUT2D eigenvalue weighted by Crippen LogP contribution is -2.19. The number of benzene rings is 3. The fraction of sp³-hybridized carbons (Fsp3) is 0.216. The van der Waals surface area contributed by atoms with E-state index in [1.807, 2.05) is 19.2 Å². The SMILES string of the molecule is C1=c2ccc3c(c2CCC1)CC=c1ccccc1=3.Cc1ccc(CCC2=CNC(c3ccccc3)C=C2)cn1. The van der Waals surface area contributed by atoms with Crippen molar-refractivity contribution >= 4 is 12.2 Å². The number of hydrogen-bond acceptors (Lipinski definition) is 2. The summed E-state index contributed by atoms with van der Waals surface area (Å²) >= 11 is 0. The van der Waals surface area contributed by atoms with Gasteiger partial charge in [0.05, 0.1) is 6.04 Å². The van der Waals surface area contributed by atoms with Crippen molar-refractivity contribution in [2.24, 2.45) is 0 Å². The van der Waals surface area contributed by atoms with Crippen LogP contribution in [-0.2, 0) is 19.3 Å². The van der Waals surface area contributed by atoms with Crippen LogP contribution in [-0.4, -0.2) is 4.98 Å². The molecule has 2 heteroatoms. The van der Waals surface area contributed by atoms with E-state index in [2.05, 4.69) is 114 Å². The van der Waals surface area contributed by atoms with Crippen molar-refractivity contribution < 1.29 is 0 Å². The van der Waals surface area contributed by atoms with Gasteiger partial charge in [0.25, 0.3) is 0 Å². The van der Waals surface area contributed by atoms with Crippen LogP contribution >= 0.6 is 0 Å². The number of nitrogens with one attached hydrogen (secondary N) is 1. The second-order valence-corrected chi connectivity index (χ2v) is 10.7. The monoisotopic (exact) mass is 508 g/mol. The highest BCUT2D eigenvalue weighted by Crippen LogP contribution is 2.21. The first-order chi connectivity index (χ1) is 19.2. The van der Waals surface area contributed by atoms with E-state index in [1.165, 1.54) is 56.8 Å². The Hall–Kier alpha value is -4.17. The molecule has 0 saturated carbocycles. The van der Waals surface area contributed by atoms with E-state index in [-0.39, 0.29) is 6.04 Å². The van der Waals surface area contributed by atoms with Gasteiger partial charge in [-0.1, -0.05) is 97.1 Å². The van der Waals surface area contributed by atoms with Gasteiger partial charge in [-0.3, -0.25) is 4.98 Å². The van der Waals surface area contributed by atoms with Gasteiger partial charge >= 0.3 is 0 Å². The van der Waals surface area contributed by atoms with Crippen molar-refractivity contribution in [2.75, 3.05) is 0 Å². The number of hydrogen-bond donors (Lipinski definition) is 1. The summed E-state index contributed by atoms with van der Waals surface area (Å²) in [6, 6.07) is 28.4.